The third-order valence-corrected chi connectivity index (χ3v) is 5.35. The standard InChI is InChI=1S/C14H23N5S/c1-3-6-11-12-13(18(2)17-11)19(14(15)16-12)9-10-7-4-5-8-20-10/h10H,3-9H2,1-2H3,(H2,15,16). The summed E-state index contributed by atoms with van der Waals surface area (Å²) in [6, 6.07) is 0. The molecule has 2 aromatic heterocycles. The van der Waals surface area contributed by atoms with Gasteiger partial charge in [-0.1, -0.05) is 19.8 Å². The second kappa shape index (κ2) is 5.68. The molecule has 1 unspecified atom stereocenters. The van der Waals surface area contributed by atoms with Gasteiger partial charge in [-0.05, 0) is 25.0 Å². The fraction of sp³-hybridized carbons (Fsp3) is 0.714. The van der Waals surface area contributed by atoms with E-state index in [0.717, 1.165) is 36.2 Å². The number of nitrogens with two attached hydrogens (primary N) is 1. The average Bonchev–Trinajstić information content (AvgIpc) is 2.91. The molecule has 6 heteroatoms. The van der Waals surface area contributed by atoms with Crippen LogP contribution in [-0.4, -0.2) is 30.3 Å². The van der Waals surface area contributed by atoms with Gasteiger partial charge in [-0.15, -0.1) is 0 Å². The van der Waals surface area contributed by atoms with Crippen molar-refractivity contribution in [2.24, 2.45) is 7.05 Å². The molecule has 1 fully saturated rings. The Kier molecular flexibility index (Phi) is 3.92. The number of hydrogen-bond donors (Lipinski definition) is 1. The van der Waals surface area contributed by atoms with Crippen LogP contribution in [0.1, 0.15) is 38.3 Å². The average molecular weight is 293 g/mol. The number of rotatable bonds is 4. The van der Waals surface area contributed by atoms with Crippen molar-refractivity contribution in [3.05, 3.63) is 5.69 Å². The highest BCUT2D eigenvalue weighted by atomic mass is 32.2. The van der Waals surface area contributed by atoms with Crippen LogP contribution in [0.25, 0.3) is 11.2 Å². The van der Waals surface area contributed by atoms with Gasteiger partial charge in [0, 0.05) is 18.8 Å². The van der Waals surface area contributed by atoms with Crippen LogP contribution in [0.15, 0.2) is 0 Å². The number of nitrogens with zero attached hydrogens (tertiary/aromatic N) is 4. The number of hydrogen-bond acceptors (Lipinski definition) is 4. The third kappa shape index (κ3) is 2.41. The molecule has 5 nitrogen and oxygen atoms in total. The zero-order chi connectivity index (χ0) is 14.1. The Labute approximate surface area is 123 Å². The Bertz CT molecular complexity index is 594. The third-order valence-electron chi connectivity index (χ3n) is 3.97. The van der Waals surface area contributed by atoms with E-state index in [9.17, 15) is 0 Å². The van der Waals surface area contributed by atoms with Gasteiger partial charge in [-0.2, -0.15) is 16.9 Å². The summed E-state index contributed by atoms with van der Waals surface area (Å²) < 4.78 is 4.10. The lowest BCUT2D eigenvalue weighted by Gasteiger charge is -2.22. The largest absolute Gasteiger partial charge is 0.369 e. The molecule has 0 saturated carbocycles. The molecule has 20 heavy (non-hydrogen) atoms. The van der Waals surface area contributed by atoms with Crippen molar-refractivity contribution in [2.45, 2.75) is 50.8 Å². The summed E-state index contributed by atoms with van der Waals surface area (Å²) in [4.78, 5) is 4.57. The highest BCUT2D eigenvalue weighted by molar-refractivity contribution is 7.99. The van der Waals surface area contributed by atoms with Crippen LogP contribution < -0.4 is 5.73 Å². The van der Waals surface area contributed by atoms with Crippen LogP contribution in [0.4, 0.5) is 5.95 Å². The molecule has 0 amide bonds. The van der Waals surface area contributed by atoms with Crippen LogP contribution >= 0.6 is 11.8 Å². The van der Waals surface area contributed by atoms with Gasteiger partial charge in [0.15, 0.2) is 5.65 Å². The number of aryl methyl sites for hydroxylation is 2. The van der Waals surface area contributed by atoms with Crippen molar-refractivity contribution in [2.75, 3.05) is 11.5 Å². The first kappa shape index (κ1) is 13.8. The lowest BCUT2D eigenvalue weighted by atomic mass is 10.2. The molecule has 0 aromatic carbocycles. The molecule has 3 rings (SSSR count). The topological polar surface area (TPSA) is 61.7 Å². The van der Waals surface area contributed by atoms with E-state index in [0.29, 0.717) is 11.2 Å². The molecule has 0 bridgehead atoms. The minimum Gasteiger partial charge on any atom is -0.369 e. The molecule has 2 aromatic rings. The number of aromatic nitrogens is 4. The molecule has 3 heterocycles. The van der Waals surface area contributed by atoms with Crippen molar-refractivity contribution in [1.29, 1.82) is 0 Å². The Morgan fingerprint density at radius 1 is 1.40 bits per heavy atom. The van der Waals surface area contributed by atoms with E-state index in [-0.39, 0.29) is 0 Å². The monoisotopic (exact) mass is 293 g/mol. The summed E-state index contributed by atoms with van der Waals surface area (Å²) in [6.07, 6.45) is 6.01. The number of thioether (sulfide) groups is 1. The van der Waals surface area contributed by atoms with Gasteiger partial charge < -0.3 is 5.73 Å². The maximum Gasteiger partial charge on any atom is 0.202 e. The molecule has 2 N–H and O–H groups in total. The lowest BCUT2D eigenvalue weighted by Crippen LogP contribution is -2.19. The van der Waals surface area contributed by atoms with Crippen LogP contribution in [0.2, 0.25) is 0 Å². The minimum atomic E-state index is 0.636. The Morgan fingerprint density at radius 3 is 2.95 bits per heavy atom. The number of anilines is 1. The van der Waals surface area contributed by atoms with Gasteiger partial charge >= 0.3 is 0 Å². The van der Waals surface area contributed by atoms with Crippen molar-refractivity contribution in [3.8, 4) is 0 Å². The van der Waals surface area contributed by atoms with Crippen LogP contribution in [0, 0.1) is 0 Å². The van der Waals surface area contributed by atoms with Gasteiger partial charge in [0.1, 0.15) is 5.52 Å². The summed E-state index contributed by atoms with van der Waals surface area (Å²) >= 11 is 2.07. The summed E-state index contributed by atoms with van der Waals surface area (Å²) in [5, 5.41) is 5.27. The molecular formula is C14H23N5S. The van der Waals surface area contributed by atoms with Crippen molar-refractivity contribution in [1.82, 2.24) is 19.3 Å². The summed E-state index contributed by atoms with van der Waals surface area (Å²) in [5.41, 5.74) is 9.30. The van der Waals surface area contributed by atoms with Gasteiger partial charge in [0.05, 0.1) is 5.69 Å². The molecular weight excluding hydrogens is 270 g/mol. The van der Waals surface area contributed by atoms with Gasteiger partial charge in [0.25, 0.3) is 0 Å². The number of fused-ring (bicyclic) bond motifs is 1. The van der Waals surface area contributed by atoms with Crippen molar-refractivity contribution in [3.63, 3.8) is 0 Å². The molecule has 1 aliphatic rings. The SMILES string of the molecule is CCCc1nn(C)c2c1nc(N)n2CC1CCCCS1. The van der Waals surface area contributed by atoms with E-state index in [1.807, 2.05) is 11.7 Å². The number of imidazole rings is 1. The fourth-order valence-corrected chi connectivity index (χ4v) is 4.29. The summed E-state index contributed by atoms with van der Waals surface area (Å²) in [7, 11) is 1.99. The zero-order valence-corrected chi connectivity index (χ0v) is 13.1. The predicted octanol–water partition coefficient (Wildman–Crippen LogP) is 2.59. The Balaban J connectivity index is 1.95. The van der Waals surface area contributed by atoms with E-state index < -0.39 is 0 Å². The van der Waals surface area contributed by atoms with Crippen LogP contribution in [-0.2, 0) is 20.0 Å². The van der Waals surface area contributed by atoms with E-state index in [4.69, 9.17) is 5.73 Å². The smallest absolute Gasteiger partial charge is 0.202 e. The lowest BCUT2D eigenvalue weighted by molar-refractivity contribution is 0.585. The van der Waals surface area contributed by atoms with Crippen LogP contribution in [0.3, 0.4) is 0 Å². The molecule has 1 aliphatic heterocycles. The van der Waals surface area contributed by atoms with Gasteiger partial charge in [0.2, 0.25) is 5.95 Å². The fourth-order valence-electron chi connectivity index (χ4n) is 3.00. The molecule has 1 saturated heterocycles. The van der Waals surface area contributed by atoms with E-state index in [2.05, 4.69) is 33.3 Å². The van der Waals surface area contributed by atoms with Crippen molar-refractivity contribution >= 4 is 28.9 Å². The molecule has 0 aliphatic carbocycles. The molecule has 0 radical (unpaired) electrons. The summed E-state index contributed by atoms with van der Waals surface area (Å²) in [5.74, 6) is 1.91. The van der Waals surface area contributed by atoms with Crippen molar-refractivity contribution < 1.29 is 0 Å². The van der Waals surface area contributed by atoms with Gasteiger partial charge in [-0.25, -0.2) is 4.98 Å². The first-order valence-electron chi connectivity index (χ1n) is 7.50. The second-order valence-electron chi connectivity index (χ2n) is 5.56. The predicted molar refractivity (Wildman–Crippen MR) is 85.0 cm³/mol. The van der Waals surface area contributed by atoms with Gasteiger partial charge in [-0.3, -0.25) is 9.25 Å². The first-order valence-corrected chi connectivity index (χ1v) is 8.54. The maximum absolute atomic E-state index is 6.15. The summed E-state index contributed by atoms with van der Waals surface area (Å²) in [6.45, 7) is 3.12. The highest BCUT2D eigenvalue weighted by Gasteiger charge is 2.21. The quantitative estimate of drug-likeness (QED) is 0.941. The Hall–Kier alpha value is -1.17. The van der Waals surface area contributed by atoms with Crippen LogP contribution in [0.5, 0.6) is 0 Å². The molecule has 110 valence electrons. The Morgan fingerprint density at radius 2 is 2.25 bits per heavy atom. The van der Waals surface area contributed by atoms with E-state index in [1.54, 1.807) is 0 Å². The zero-order valence-electron chi connectivity index (χ0n) is 12.3. The first-order chi connectivity index (χ1) is 9.70. The highest BCUT2D eigenvalue weighted by Crippen LogP contribution is 2.29. The van der Waals surface area contributed by atoms with E-state index in [1.165, 1.54) is 25.0 Å². The normalized spacial score (nSPS) is 19.8. The van der Waals surface area contributed by atoms with E-state index >= 15 is 0 Å². The molecule has 1 atom stereocenters. The minimum absolute atomic E-state index is 0.636. The number of nitrogen functional groups attached to an aromatic ring is 1. The second-order valence-corrected chi connectivity index (χ2v) is 6.97. The molecule has 0 spiro atoms. The maximum atomic E-state index is 6.15.